The average Bonchev–Trinajstić information content (AvgIpc) is 3.21. The normalized spacial score (nSPS) is 26.6. The first-order valence-corrected chi connectivity index (χ1v) is 19.3. The van der Waals surface area contributed by atoms with Crippen LogP contribution in [-0.2, 0) is 6.42 Å². The van der Waals surface area contributed by atoms with Crippen LogP contribution in [-0.4, -0.2) is 0 Å². The van der Waals surface area contributed by atoms with Gasteiger partial charge < -0.3 is 0 Å². The monoisotopic (exact) mass is 648 g/mol. The molecule has 0 nitrogen and oxygen atoms in total. The van der Waals surface area contributed by atoms with Crippen LogP contribution in [0.5, 0.6) is 0 Å². The van der Waals surface area contributed by atoms with E-state index >= 15 is 0 Å². The standard InChI is InChI=1S/C50H48/c1-5-15-35(16-6-1)45-23-13-24-46(36-17-7-2-8-18-36)49(45)41-29-31-43-39(33-41)27-28-40-34-42(30-32-44(40)43)50-47(37-19-9-3-10-20-37)25-14-26-48(50)38-21-11-4-12-22-38/h1,3,5-7,9-11,13-15,17-19,21-25,29-33,35,37,40,48H,2,4,8,12,16,20,26-28,34H2. The van der Waals surface area contributed by atoms with Crippen molar-refractivity contribution in [2.24, 2.45) is 17.8 Å². The summed E-state index contributed by atoms with van der Waals surface area (Å²) in [6.07, 6.45) is 54.1. The lowest BCUT2D eigenvalue weighted by Gasteiger charge is -2.36. The number of aryl methyl sites for hydroxylation is 1. The summed E-state index contributed by atoms with van der Waals surface area (Å²) in [5, 5.41) is 0. The third-order valence-electron chi connectivity index (χ3n) is 12.1. The second-order valence-electron chi connectivity index (χ2n) is 15.1. The lowest BCUT2D eigenvalue weighted by molar-refractivity contribution is 0.568. The highest BCUT2D eigenvalue weighted by atomic mass is 14.4. The molecule has 0 spiro atoms. The van der Waals surface area contributed by atoms with Crippen LogP contribution in [0.3, 0.4) is 0 Å². The Bertz CT molecular complexity index is 2060. The van der Waals surface area contributed by atoms with Gasteiger partial charge in [0.25, 0.3) is 0 Å². The number of benzene rings is 2. The first-order chi connectivity index (χ1) is 24.8. The van der Waals surface area contributed by atoms with Crippen molar-refractivity contribution >= 4 is 11.1 Å². The third-order valence-corrected chi connectivity index (χ3v) is 12.1. The Hall–Kier alpha value is -4.68. The average molecular weight is 649 g/mol. The molecule has 7 aliphatic carbocycles. The van der Waals surface area contributed by atoms with Crippen molar-refractivity contribution in [2.45, 2.75) is 70.1 Å². The maximum atomic E-state index is 2.55. The quantitative estimate of drug-likeness (QED) is 0.292. The van der Waals surface area contributed by atoms with Crippen molar-refractivity contribution in [2.75, 3.05) is 0 Å². The van der Waals surface area contributed by atoms with Gasteiger partial charge >= 0.3 is 0 Å². The molecule has 0 aliphatic heterocycles. The zero-order valence-electron chi connectivity index (χ0n) is 29.2. The van der Waals surface area contributed by atoms with Crippen LogP contribution in [0, 0.1) is 17.8 Å². The highest BCUT2D eigenvalue weighted by Gasteiger charge is 2.33. The van der Waals surface area contributed by atoms with Gasteiger partial charge in [0.1, 0.15) is 0 Å². The van der Waals surface area contributed by atoms with Gasteiger partial charge in [-0.05, 0) is 137 Å². The van der Waals surface area contributed by atoms with Crippen molar-refractivity contribution in [1.82, 2.24) is 0 Å². The molecule has 4 atom stereocenters. The molecule has 0 radical (unpaired) electrons. The fourth-order valence-corrected chi connectivity index (χ4v) is 9.65. The third kappa shape index (κ3) is 5.94. The van der Waals surface area contributed by atoms with Crippen LogP contribution in [0.2, 0.25) is 0 Å². The van der Waals surface area contributed by atoms with Crippen molar-refractivity contribution in [1.29, 1.82) is 0 Å². The molecular formula is C50H48. The van der Waals surface area contributed by atoms with E-state index in [1.54, 1.807) is 22.3 Å². The van der Waals surface area contributed by atoms with Gasteiger partial charge in [0.15, 0.2) is 0 Å². The van der Waals surface area contributed by atoms with Crippen LogP contribution >= 0.6 is 0 Å². The van der Waals surface area contributed by atoms with E-state index in [-0.39, 0.29) is 0 Å². The number of hydrogen-bond acceptors (Lipinski definition) is 0. The van der Waals surface area contributed by atoms with Crippen molar-refractivity contribution in [3.05, 3.63) is 190 Å². The minimum atomic E-state index is 0.408. The molecule has 0 N–H and O–H groups in total. The molecular weight excluding hydrogens is 601 g/mol. The van der Waals surface area contributed by atoms with Gasteiger partial charge in [0.05, 0.1) is 0 Å². The Kier molecular flexibility index (Phi) is 8.71. The summed E-state index contributed by atoms with van der Waals surface area (Å²) < 4.78 is 0. The zero-order valence-corrected chi connectivity index (χ0v) is 29.2. The van der Waals surface area contributed by atoms with E-state index in [0.717, 1.165) is 44.9 Å². The largest absolute Gasteiger partial charge is 0.0839 e. The maximum absolute atomic E-state index is 2.55. The summed E-state index contributed by atoms with van der Waals surface area (Å²) >= 11 is 0. The van der Waals surface area contributed by atoms with Crippen LogP contribution in [0.1, 0.15) is 86.0 Å². The Morgan fingerprint density at radius 3 is 2.26 bits per heavy atom. The first-order valence-electron chi connectivity index (χ1n) is 19.3. The van der Waals surface area contributed by atoms with Crippen LogP contribution < -0.4 is 0 Å². The predicted octanol–water partition coefficient (Wildman–Crippen LogP) is 13.2. The van der Waals surface area contributed by atoms with Crippen molar-refractivity contribution in [3.8, 4) is 11.1 Å². The number of fused-ring (bicyclic) bond motifs is 3. The van der Waals surface area contributed by atoms with Crippen molar-refractivity contribution in [3.63, 3.8) is 0 Å². The minimum absolute atomic E-state index is 0.408. The van der Waals surface area contributed by atoms with Gasteiger partial charge in [0, 0.05) is 17.8 Å². The summed E-state index contributed by atoms with van der Waals surface area (Å²) in [4.78, 5) is 0. The van der Waals surface area contributed by atoms with E-state index < -0.39 is 0 Å². The summed E-state index contributed by atoms with van der Waals surface area (Å²) in [6.45, 7) is 0. The summed E-state index contributed by atoms with van der Waals surface area (Å²) in [5.41, 5.74) is 17.8. The molecule has 0 amide bonds. The molecule has 0 heterocycles. The van der Waals surface area contributed by atoms with E-state index in [4.69, 9.17) is 0 Å². The highest BCUT2D eigenvalue weighted by molar-refractivity contribution is 5.89. The molecule has 7 aliphatic rings. The van der Waals surface area contributed by atoms with E-state index in [9.17, 15) is 0 Å². The molecule has 0 saturated carbocycles. The number of allylic oxidation sites excluding steroid dienone is 24. The first kappa shape index (κ1) is 31.3. The second kappa shape index (κ2) is 13.9. The molecule has 4 unspecified atom stereocenters. The number of rotatable bonds is 6. The van der Waals surface area contributed by atoms with Gasteiger partial charge in [-0.1, -0.05) is 146 Å². The van der Waals surface area contributed by atoms with Gasteiger partial charge in [0.2, 0.25) is 0 Å². The minimum Gasteiger partial charge on any atom is -0.0839 e. The molecule has 50 heavy (non-hydrogen) atoms. The van der Waals surface area contributed by atoms with Crippen LogP contribution in [0.15, 0.2) is 168 Å². The Labute approximate surface area is 299 Å². The highest BCUT2D eigenvalue weighted by Crippen LogP contribution is 2.49. The maximum Gasteiger partial charge on any atom is 0.0126 e. The molecule has 0 heteroatoms. The fraction of sp³-hybridized carbons (Fsp3) is 0.280. The summed E-state index contributed by atoms with van der Waals surface area (Å²) in [6, 6.07) is 14.5. The van der Waals surface area contributed by atoms with Gasteiger partial charge in [-0.3, -0.25) is 0 Å². The molecule has 0 aromatic heterocycles. The Morgan fingerprint density at radius 1 is 0.640 bits per heavy atom. The van der Waals surface area contributed by atoms with E-state index in [1.165, 1.54) is 63.8 Å². The van der Waals surface area contributed by atoms with Crippen LogP contribution in [0.25, 0.3) is 22.3 Å². The van der Waals surface area contributed by atoms with E-state index in [2.05, 4.69) is 146 Å². The fourth-order valence-electron chi connectivity index (χ4n) is 9.65. The van der Waals surface area contributed by atoms with Gasteiger partial charge in [-0.25, -0.2) is 0 Å². The van der Waals surface area contributed by atoms with Gasteiger partial charge in [-0.2, -0.15) is 0 Å². The Morgan fingerprint density at radius 2 is 1.48 bits per heavy atom. The van der Waals surface area contributed by atoms with Gasteiger partial charge in [-0.15, -0.1) is 0 Å². The number of hydrogen-bond donors (Lipinski definition) is 0. The summed E-state index contributed by atoms with van der Waals surface area (Å²) in [7, 11) is 0. The van der Waals surface area contributed by atoms with Crippen molar-refractivity contribution < 1.29 is 0 Å². The zero-order chi connectivity index (χ0) is 33.3. The SMILES string of the molecule is C1=CCC(C2=C(C3=CC=C4c5ccc(-c6c(C7=CCCC=C7)cccc6C6C=CC=CC6)cc5CCC4C3)C(C3=CCCC=C3)CC=C2)C=C1. The summed E-state index contributed by atoms with van der Waals surface area (Å²) in [5.74, 6) is 1.91. The topological polar surface area (TPSA) is 0 Å². The van der Waals surface area contributed by atoms with E-state index in [1.807, 2.05) is 0 Å². The molecule has 2 aromatic carbocycles. The predicted molar refractivity (Wildman–Crippen MR) is 213 cm³/mol. The lowest BCUT2D eigenvalue weighted by atomic mass is 9.68. The van der Waals surface area contributed by atoms with E-state index in [0.29, 0.717) is 23.7 Å². The molecule has 248 valence electrons. The molecule has 0 saturated heterocycles. The lowest BCUT2D eigenvalue weighted by Crippen LogP contribution is -2.22. The molecule has 0 fully saturated rings. The molecule has 0 bridgehead atoms. The Balaban J connectivity index is 1.10. The van der Waals surface area contributed by atoms with Crippen LogP contribution in [0.4, 0.5) is 0 Å². The second-order valence-corrected chi connectivity index (χ2v) is 15.1. The molecule has 9 rings (SSSR count). The molecule has 2 aromatic rings. The smallest absolute Gasteiger partial charge is 0.0126 e.